The number of rotatable bonds is 6. The lowest BCUT2D eigenvalue weighted by Crippen LogP contribution is -2.13. The van der Waals surface area contributed by atoms with E-state index in [0.717, 1.165) is 13.1 Å². The van der Waals surface area contributed by atoms with Crippen LogP contribution in [-0.4, -0.2) is 13.7 Å². The second-order valence-corrected chi connectivity index (χ2v) is 4.16. The fraction of sp³-hybridized carbons (Fsp3) is 0.429. The van der Waals surface area contributed by atoms with Crippen LogP contribution in [0.5, 0.6) is 0 Å². The molecule has 0 unspecified atom stereocenters. The number of allylic oxidation sites excluding steroid dienone is 1. The van der Waals surface area contributed by atoms with Crippen molar-refractivity contribution >= 4 is 0 Å². The molecule has 2 nitrogen and oxygen atoms in total. The second kappa shape index (κ2) is 7.20. The van der Waals surface area contributed by atoms with Gasteiger partial charge in [-0.25, -0.2) is 0 Å². The topological polar surface area (TPSA) is 21.3 Å². The first-order valence-electron chi connectivity index (χ1n) is 5.63. The van der Waals surface area contributed by atoms with E-state index in [0.29, 0.717) is 6.61 Å². The Labute approximate surface area is 98.3 Å². The summed E-state index contributed by atoms with van der Waals surface area (Å²) in [4.78, 5) is 0. The molecule has 0 heterocycles. The van der Waals surface area contributed by atoms with Crippen LogP contribution in [0.4, 0.5) is 0 Å². The molecule has 0 saturated carbocycles. The number of hydrogen-bond donors (Lipinski definition) is 1. The minimum atomic E-state index is 0.686. The van der Waals surface area contributed by atoms with Gasteiger partial charge < -0.3 is 10.1 Å². The van der Waals surface area contributed by atoms with Crippen molar-refractivity contribution in [2.45, 2.75) is 27.0 Å². The largest absolute Gasteiger partial charge is 0.380 e. The second-order valence-electron chi connectivity index (χ2n) is 4.16. The van der Waals surface area contributed by atoms with Crippen LogP contribution in [0.1, 0.15) is 25.0 Å². The third-order valence-corrected chi connectivity index (χ3v) is 2.32. The Morgan fingerprint density at radius 2 is 1.81 bits per heavy atom. The molecule has 0 aliphatic heterocycles. The monoisotopic (exact) mass is 219 g/mol. The Morgan fingerprint density at radius 3 is 2.38 bits per heavy atom. The Balaban J connectivity index is 2.34. The lowest BCUT2D eigenvalue weighted by molar-refractivity contribution is 0.185. The molecule has 1 aromatic carbocycles. The van der Waals surface area contributed by atoms with E-state index in [1.165, 1.54) is 16.7 Å². The third-order valence-electron chi connectivity index (χ3n) is 2.32. The van der Waals surface area contributed by atoms with Crippen LogP contribution < -0.4 is 5.32 Å². The molecule has 0 saturated heterocycles. The van der Waals surface area contributed by atoms with Crippen molar-refractivity contribution < 1.29 is 4.74 Å². The van der Waals surface area contributed by atoms with Gasteiger partial charge in [0.1, 0.15) is 0 Å². The van der Waals surface area contributed by atoms with E-state index >= 15 is 0 Å². The zero-order valence-corrected chi connectivity index (χ0v) is 10.4. The molecule has 1 N–H and O–H groups in total. The average molecular weight is 219 g/mol. The van der Waals surface area contributed by atoms with Gasteiger partial charge in [-0.1, -0.05) is 35.9 Å². The number of hydrogen-bond acceptors (Lipinski definition) is 2. The molecule has 2 heteroatoms. The van der Waals surface area contributed by atoms with Crippen molar-refractivity contribution in [3.8, 4) is 0 Å². The summed E-state index contributed by atoms with van der Waals surface area (Å²) in [6.45, 7) is 6.76. The van der Waals surface area contributed by atoms with Crippen molar-refractivity contribution in [3.05, 3.63) is 47.0 Å². The molecule has 0 fully saturated rings. The SMILES string of the molecule is COCc1ccc(CNCC=C(C)C)cc1. The van der Waals surface area contributed by atoms with Gasteiger partial charge >= 0.3 is 0 Å². The quantitative estimate of drug-likeness (QED) is 0.587. The van der Waals surface area contributed by atoms with Crippen LogP contribution in [0.2, 0.25) is 0 Å². The van der Waals surface area contributed by atoms with Crippen LogP contribution >= 0.6 is 0 Å². The van der Waals surface area contributed by atoms with Gasteiger partial charge in [-0.2, -0.15) is 0 Å². The van der Waals surface area contributed by atoms with Crippen molar-refractivity contribution in [1.82, 2.24) is 5.32 Å². The molecule has 1 rings (SSSR count). The highest BCUT2D eigenvalue weighted by Gasteiger charge is 1.93. The molecular weight excluding hydrogens is 198 g/mol. The van der Waals surface area contributed by atoms with E-state index in [9.17, 15) is 0 Å². The Morgan fingerprint density at radius 1 is 1.19 bits per heavy atom. The van der Waals surface area contributed by atoms with E-state index in [-0.39, 0.29) is 0 Å². The summed E-state index contributed by atoms with van der Waals surface area (Å²) in [5, 5.41) is 3.38. The van der Waals surface area contributed by atoms with Gasteiger partial charge in [0.05, 0.1) is 6.61 Å². The minimum absolute atomic E-state index is 0.686. The zero-order chi connectivity index (χ0) is 11.8. The van der Waals surface area contributed by atoms with Crippen molar-refractivity contribution in [1.29, 1.82) is 0 Å². The lowest BCUT2D eigenvalue weighted by Gasteiger charge is -2.04. The summed E-state index contributed by atoms with van der Waals surface area (Å²) in [5.74, 6) is 0. The third kappa shape index (κ3) is 5.10. The molecule has 0 amide bonds. The average Bonchev–Trinajstić information content (AvgIpc) is 2.27. The molecule has 16 heavy (non-hydrogen) atoms. The molecule has 0 spiro atoms. The molecule has 0 aliphatic carbocycles. The number of ether oxygens (including phenoxy) is 1. The predicted molar refractivity (Wildman–Crippen MR) is 68.3 cm³/mol. The van der Waals surface area contributed by atoms with Gasteiger partial charge in [-0.05, 0) is 25.0 Å². The molecule has 0 atom stereocenters. The fourth-order valence-electron chi connectivity index (χ4n) is 1.41. The molecular formula is C14H21NO. The summed E-state index contributed by atoms with van der Waals surface area (Å²) in [5.41, 5.74) is 3.88. The van der Waals surface area contributed by atoms with E-state index < -0.39 is 0 Å². The van der Waals surface area contributed by atoms with Gasteiger partial charge in [0.25, 0.3) is 0 Å². The highest BCUT2D eigenvalue weighted by atomic mass is 16.5. The van der Waals surface area contributed by atoms with Crippen LogP contribution in [-0.2, 0) is 17.9 Å². The number of methoxy groups -OCH3 is 1. The van der Waals surface area contributed by atoms with E-state index in [2.05, 4.69) is 49.5 Å². The maximum Gasteiger partial charge on any atom is 0.0713 e. The maximum absolute atomic E-state index is 5.07. The first-order chi connectivity index (χ1) is 7.72. The minimum Gasteiger partial charge on any atom is -0.380 e. The number of nitrogens with one attached hydrogen (secondary N) is 1. The van der Waals surface area contributed by atoms with Gasteiger partial charge in [0.2, 0.25) is 0 Å². The standard InChI is InChI=1S/C14H21NO/c1-12(2)8-9-15-10-13-4-6-14(7-5-13)11-16-3/h4-8,15H,9-11H2,1-3H3. The lowest BCUT2D eigenvalue weighted by atomic mass is 10.1. The van der Waals surface area contributed by atoms with Crippen molar-refractivity contribution in [2.24, 2.45) is 0 Å². The Kier molecular flexibility index (Phi) is 5.83. The van der Waals surface area contributed by atoms with Crippen molar-refractivity contribution in [2.75, 3.05) is 13.7 Å². The highest BCUT2D eigenvalue weighted by Crippen LogP contribution is 2.05. The summed E-state index contributed by atoms with van der Waals surface area (Å²) in [7, 11) is 1.72. The first kappa shape index (κ1) is 12.9. The Bertz CT molecular complexity index is 323. The summed E-state index contributed by atoms with van der Waals surface area (Å²) in [6.07, 6.45) is 2.19. The first-order valence-corrected chi connectivity index (χ1v) is 5.63. The molecule has 0 aliphatic rings. The van der Waals surface area contributed by atoms with Crippen LogP contribution in [0.3, 0.4) is 0 Å². The summed E-state index contributed by atoms with van der Waals surface area (Å²) < 4.78 is 5.07. The van der Waals surface area contributed by atoms with Gasteiger partial charge in [0.15, 0.2) is 0 Å². The smallest absolute Gasteiger partial charge is 0.0713 e. The molecule has 88 valence electrons. The molecule has 1 aromatic rings. The summed E-state index contributed by atoms with van der Waals surface area (Å²) >= 11 is 0. The van der Waals surface area contributed by atoms with E-state index in [1.54, 1.807) is 7.11 Å². The van der Waals surface area contributed by atoms with Crippen molar-refractivity contribution in [3.63, 3.8) is 0 Å². The van der Waals surface area contributed by atoms with Crippen LogP contribution in [0.25, 0.3) is 0 Å². The van der Waals surface area contributed by atoms with Gasteiger partial charge in [-0.3, -0.25) is 0 Å². The van der Waals surface area contributed by atoms with Crippen LogP contribution in [0, 0.1) is 0 Å². The van der Waals surface area contributed by atoms with Gasteiger partial charge in [-0.15, -0.1) is 0 Å². The highest BCUT2D eigenvalue weighted by molar-refractivity contribution is 5.21. The normalized spacial score (nSPS) is 10.2. The maximum atomic E-state index is 5.07. The fourth-order valence-corrected chi connectivity index (χ4v) is 1.41. The number of benzene rings is 1. The Hall–Kier alpha value is -1.12. The molecule has 0 bridgehead atoms. The van der Waals surface area contributed by atoms with E-state index in [1.807, 2.05) is 0 Å². The predicted octanol–water partition coefficient (Wildman–Crippen LogP) is 2.89. The van der Waals surface area contributed by atoms with Gasteiger partial charge in [0, 0.05) is 20.2 Å². The molecule has 0 aromatic heterocycles. The zero-order valence-electron chi connectivity index (χ0n) is 10.4. The molecule has 0 radical (unpaired) electrons. The summed E-state index contributed by atoms with van der Waals surface area (Å²) in [6, 6.07) is 8.51. The van der Waals surface area contributed by atoms with Crippen LogP contribution in [0.15, 0.2) is 35.9 Å². The van der Waals surface area contributed by atoms with E-state index in [4.69, 9.17) is 4.74 Å².